The van der Waals surface area contributed by atoms with Crippen molar-refractivity contribution in [2.24, 2.45) is 0 Å². The Morgan fingerprint density at radius 1 is 1.19 bits per heavy atom. The standard InChI is InChI=1S/C18H17ClFNO3P2/c1-10(8-11-2-4-12(5-3-11)18(20,25)26)16(22)21-15-7-6-13(19)9-14(15)17(23)24/h2-9H,25-26H2,1H3,(H,21,22)(H,23,24)/b10-8+. The summed E-state index contributed by atoms with van der Waals surface area (Å²) in [5, 5.41) is 10.4. The Kier molecular flexibility index (Phi) is 6.52. The Morgan fingerprint density at radius 2 is 1.81 bits per heavy atom. The first kappa shape index (κ1) is 20.5. The summed E-state index contributed by atoms with van der Waals surface area (Å²) in [5.41, 5.74) is 1.62. The Balaban J connectivity index is 2.20. The number of rotatable bonds is 5. The molecule has 2 atom stereocenters. The van der Waals surface area contributed by atoms with Gasteiger partial charge in [0.15, 0.2) is 5.15 Å². The zero-order chi connectivity index (χ0) is 19.5. The zero-order valence-electron chi connectivity index (χ0n) is 13.8. The van der Waals surface area contributed by atoms with Crippen LogP contribution < -0.4 is 5.32 Å². The minimum Gasteiger partial charge on any atom is -0.478 e. The quantitative estimate of drug-likeness (QED) is 0.542. The molecule has 2 unspecified atom stereocenters. The van der Waals surface area contributed by atoms with Gasteiger partial charge in [0.2, 0.25) is 0 Å². The van der Waals surface area contributed by atoms with E-state index in [1.807, 2.05) is 0 Å². The van der Waals surface area contributed by atoms with Crippen molar-refractivity contribution in [2.75, 3.05) is 5.32 Å². The molecule has 0 spiro atoms. The van der Waals surface area contributed by atoms with Crippen molar-refractivity contribution in [3.8, 4) is 0 Å². The summed E-state index contributed by atoms with van der Waals surface area (Å²) in [6.07, 6.45) is 1.63. The molecule has 136 valence electrons. The van der Waals surface area contributed by atoms with E-state index in [-0.39, 0.29) is 16.3 Å². The maximum atomic E-state index is 13.8. The van der Waals surface area contributed by atoms with Crippen molar-refractivity contribution >= 4 is 53.7 Å². The Hall–Kier alpha value is -1.80. The molecule has 0 radical (unpaired) electrons. The molecule has 0 aliphatic carbocycles. The fraction of sp³-hybridized carbons (Fsp3) is 0.111. The van der Waals surface area contributed by atoms with Gasteiger partial charge in [0, 0.05) is 10.6 Å². The van der Waals surface area contributed by atoms with Crippen LogP contribution >= 0.6 is 30.1 Å². The number of hydrogen-bond donors (Lipinski definition) is 2. The number of carbonyl (C=O) groups is 2. The molecule has 8 heteroatoms. The summed E-state index contributed by atoms with van der Waals surface area (Å²) in [4.78, 5) is 23.6. The van der Waals surface area contributed by atoms with Gasteiger partial charge in [0.1, 0.15) is 0 Å². The van der Waals surface area contributed by atoms with Crippen molar-refractivity contribution in [3.05, 3.63) is 69.8 Å². The predicted octanol–water partition coefficient (Wildman–Crippen LogP) is 4.91. The van der Waals surface area contributed by atoms with E-state index in [0.717, 1.165) is 5.56 Å². The monoisotopic (exact) mass is 411 g/mol. The third-order valence-corrected chi connectivity index (χ3v) is 4.46. The molecule has 4 nitrogen and oxygen atoms in total. The molecule has 2 N–H and O–H groups in total. The smallest absolute Gasteiger partial charge is 0.337 e. The second kappa shape index (κ2) is 8.26. The van der Waals surface area contributed by atoms with Crippen LogP contribution in [0.5, 0.6) is 0 Å². The third kappa shape index (κ3) is 5.35. The highest BCUT2D eigenvalue weighted by Crippen LogP contribution is 2.39. The van der Waals surface area contributed by atoms with Gasteiger partial charge in [-0.2, -0.15) is 0 Å². The molecule has 2 rings (SSSR count). The molecule has 2 aromatic carbocycles. The molecule has 0 bridgehead atoms. The van der Waals surface area contributed by atoms with Crippen LogP contribution in [0.1, 0.15) is 28.4 Å². The van der Waals surface area contributed by atoms with E-state index >= 15 is 0 Å². The van der Waals surface area contributed by atoms with Crippen molar-refractivity contribution in [2.45, 2.75) is 12.1 Å². The second-order valence-electron chi connectivity index (χ2n) is 5.67. The Labute approximate surface area is 160 Å². The largest absolute Gasteiger partial charge is 0.478 e. The van der Waals surface area contributed by atoms with Gasteiger partial charge in [0.05, 0.1) is 11.3 Å². The third-order valence-electron chi connectivity index (χ3n) is 3.55. The SMILES string of the molecule is C/C(=C\c1ccc(C(F)(P)P)cc1)C(=O)Nc1ccc(Cl)cc1C(=O)O. The molecule has 1 amide bonds. The average Bonchev–Trinajstić information content (AvgIpc) is 2.55. The minimum absolute atomic E-state index is 0.0943. The van der Waals surface area contributed by atoms with Crippen LogP contribution in [0.4, 0.5) is 10.1 Å². The number of halogens is 2. The molecule has 0 fully saturated rings. The lowest BCUT2D eigenvalue weighted by atomic mass is 10.1. The van der Waals surface area contributed by atoms with E-state index in [0.29, 0.717) is 11.1 Å². The predicted molar refractivity (Wildman–Crippen MR) is 109 cm³/mol. The highest BCUT2D eigenvalue weighted by atomic mass is 35.5. The van der Waals surface area contributed by atoms with Gasteiger partial charge in [-0.1, -0.05) is 54.3 Å². The highest BCUT2D eigenvalue weighted by Gasteiger charge is 2.18. The molecule has 0 saturated carbocycles. The summed E-state index contributed by atoms with van der Waals surface area (Å²) >= 11 is 5.79. The molecule has 0 saturated heterocycles. The normalized spacial score (nSPS) is 12.0. The van der Waals surface area contributed by atoms with Gasteiger partial charge in [0.25, 0.3) is 5.91 Å². The van der Waals surface area contributed by atoms with E-state index < -0.39 is 17.0 Å². The first-order chi connectivity index (χ1) is 12.1. The van der Waals surface area contributed by atoms with Crippen LogP contribution in [0.2, 0.25) is 5.02 Å². The van der Waals surface area contributed by atoms with E-state index in [1.165, 1.54) is 18.2 Å². The molecular formula is C18H17ClFNO3P2. The van der Waals surface area contributed by atoms with Crippen LogP contribution in [0.3, 0.4) is 0 Å². The van der Waals surface area contributed by atoms with Crippen molar-refractivity contribution < 1.29 is 19.1 Å². The minimum atomic E-state index is -1.60. The summed E-state index contributed by atoms with van der Waals surface area (Å²) in [7, 11) is 4.18. The van der Waals surface area contributed by atoms with Gasteiger partial charge in [-0.3, -0.25) is 4.79 Å². The molecule has 0 aromatic heterocycles. The van der Waals surface area contributed by atoms with Crippen LogP contribution in [-0.4, -0.2) is 17.0 Å². The summed E-state index contributed by atoms with van der Waals surface area (Å²) in [6.45, 7) is 1.60. The summed E-state index contributed by atoms with van der Waals surface area (Å²) in [5.74, 6) is -1.64. The number of amides is 1. The Bertz CT molecular complexity index is 877. The number of nitrogens with one attached hydrogen (secondary N) is 1. The lowest BCUT2D eigenvalue weighted by Gasteiger charge is -2.14. The first-order valence-corrected chi connectivity index (χ1v) is 9.01. The number of aromatic carboxylic acids is 1. The van der Waals surface area contributed by atoms with Crippen molar-refractivity contribution in [1.82, 2.24) is 0 Å². The van der Waals surface area contributed by atoms with E-state index in [4.69, 9.17) is 11.6 Å². The zero-order valence-corrected chi connectivity index (χ0v) is 16.9. The number of carboxylic acid groups (broad SMARTS) is 1. The molecule has 2 aromatic rings. The lowest BCUT2D eigenvalue weighted by molar-refractivity contribution is -0.112. The fourth-order valence-corrected chi connectivity index (χ4v) is 2.73. The van der Waals surface area contributed by atoms with Crippen LogP contribution in [0.15, 0.2) is 48.0 Å². The van der Waals surface area contributed by atoms with Gasteiger partial charge in [-0.25, -0.2) is 9.18 Å². The summed E-state index contributed by atoms with van der Waals surface area (Å²) < 4.78 is 13.8. The Morgan fingerprint density at radius 3 is 2.35 bits per heavy atom. The second-order valence-corrected chi connectivity index (χ2v) is 8.45. The van der Waals surface area contributed by atoms with Crippen molar-refractivity contribution in [1.29, 1.82) is 0 Å². The maximum Gasteiger partial charge on any atom is 0.337 e. The maximum absolute atomic E-state index is 13.8. The van der Waals surface area contributed by atoms with Gasteiger partial charge in [-0.05, 0) is 42.3 Å². The number of alkyl halides is 1. The molecule has 0 heterocycles. The van der Waals surface area contributed by atoms with E-state index in [9.17, 15) is 19.1 Å². The van der Waals surface area contributed by atoms with Gasteiger partial charge in [-0.15, -0.1) is 0 Å². The fourth-order valence-electron chi connectivity index (χ4n) is 2.17. The van der Waals surface area contributed by atoms with Gasteiger partial charge >= 0.3 is 5.97 Å². The molecule has 0 aliphatic rings. The number of anilines is 1. The number of carboxylic acids is 1. The van der Waals surface area contributed by atoms with Crippen molar-refractivity contribution in [3.63, 3.8) is 0 Å². The van der Waals surface area contributed by atoms with Crippen LogP contribution in [0.25, 0.3) is 6.08 Å². The van der Waals surface area contributed by atoms with E-state index in [2.05, 4.69) is 23.8 Å². The van der Waals surface area contributed by atoms with Crippen LogP contribution in [0, 0.1) is 0 Å². The average molecular weight is 412 g/mol. The lowest BCUT2D eigenvalue weighted by Crippen LogP contribution is -2.15. The molecular weight excluding hydrogens is 395 g/mol. The topological polar surface area (TPSA) is 66.4 Å². The molecule has 0 aliphatic heterocycles. The summed E-state index contributed by atoms with van der Waals surface area (Å²) in [6, 6.07) is 10.8. The highest BCUT2D eigenvalue weighted by molar-refractivity contribution is 7.38. The van der Waals surface area contributed by atoms with Gasteiger partial charge < -0.3 is 10.4 Å². The first-order valence-electron chi connectivity index (χ1n) is 7.47. The number of benzene rings is 2. The van der Waals surface area contributed by atoms with Crippen LogP contribution in [-0.2, 0) is 9.95 Å². The molecule has 26 heavy (non-hydrogen) atoms. The number of hydrogen-bond acceptors (Lipinski definition) is 2. The van der Waals surface area contributed by atoms with E-state index in [1.54, 1.807) is 37.3 Å². The number of carbonyl (C=O) groups excluding carboxylic acids is 1.